The van der Waals surface area contributed by atoms with Crippen molar-refractivity contribution in [3.63, 3.8) is 0 Å². The van der Waals surface area contributed by atoms with Crippen LogP contribution >= 0.6 is 66.7 Å². The molecule has 1 aromatic rings. The predicted molar refractivity (Wildman–Crippen MR) is 65.8 cm³/mol. The minimum atomic E-state index is 1.25. The van der Waals surface area contributed by atoms with Crippen LogP contribution in [0.4, 0.5) is 0 Å². The van der Waals surface area contributed by atoms with E-state index in [-0.39, 0.29) is 0 Å². The third-order valence-corrected chi connectivity index (χ3v) is 7.35. The summed E-state index contributed by atoms with van der Waals surface area (Å²) in [6.07, 6.45) is 1.31. The Kier molecular flexibility index (Phi) is 3.51. The third kappa shape index (κ3) is 1.90. The van der Waals surface area contributed by atoms with E-state index < -0.39 is 0 Å². The van der Waals surface area contributed by atoms with Gasteiger partial charge in [0.15, 0.2) is 0 Å². The minimum absolute atomic E-state index is 1.25. The summed E-state index contributed by atoms with van der Waals surface area (Å²) in [5, 5.41) is 0. The first-order valence-electron chi connectivity index (χ1n) is 3.52. The Morgan fingerprint density at radius 2 is 1.42 bits per heavy atom. The van der Waals surface area contributed by atoms with E-state index in [2.05, 4.69) is 31.9 Å². The van der Waals surface area contributed by atoms with Gasteiger partial charge in [0, 0.05) is 9.79 Å². The highest BCUT2D eigenvalue weighted by Crippen LogP contribution is 2.49. The van der Waals surface area contributed by atoms with Gasteiger partial charge in [-0.15, -0.1) is 34.9 Å². The van der Waals surface area contributed by atoms with E-state index in [4.69, 9.17) is 0 Å². The van der Waals surface area contributed by atoms with Crippen molar-refractivity contribution in [1.82, 2.24) is 0 Å². The van der Waals surface area contributed by atoms with E-state index >= 15 is 0 Å². The highest BCUT2D eigenvalue weighted by Gasteiger charge is 2.18. The maximum atomic E-state index is 3.59. The van der Waals surface area contributed by atoms with Gasteiger partial charge in [0.05, 0.1) is 7.57 Å². The fraction of sp³-hybridized carbons (Fsp3) is 0.429. The van der Waals surface area contributed by atoms with Gasteiger partial charge in [-0.1, -0.05) is 0 Å². The SMILES string of the molecule is Brc1sc(Br)c2c1SCCCS2. The number of halogens is 2. The van der Waals surface area contributed by atoms with Crippen LogP contribution in [0.1, 0.15) is 6.42 Å². The average molecular weight is 346 g/mol. The molecular formula is C7H6Br2S3. The zero-order valence-corrected chi connectivity index (χ0v) is 11.7. The molecule has 12 heavy (non-hydrogen) atoms. The maximum absolute atomic E-state index is 3.59. The number of rotatable bonds is 0. The van der Waals surface area contributed by atoms with Gasteiger partial charge in [0.1, 0.15) is 0 Å². The quantitative estimate of drug-likeness (QED) is 0.658. The molecule has 2 rings (SSSR count). The molecule has 0 nitrogen and oxygen atoms in total. The Hall–Kier alpha value is 1.36. The van der Waals surface area contributed by atoms with Crippen LogP contribution in [-0.4, -0.2) is 11.5 Å². The van der Waals surface area contributed by atoms with Crippen LogP contribution in [0.2, 0.25) is 0 Å². The van der Waals surface area contributed by atoms with Crippen LogP contribution in [0.25, 0.3) is 0 Å². The van der Waals surface area contributed by atoms with E-state index in [1.54, 1.807) is 11.3 Å². The van der Waals surface area contributed by atoms with Crippen molar-refractivity contribution in [3.8, 4) is 0 Å². The zero-order valence-electron chi connectivity index (χ0n) is 6.10. The van der Waals surface area contributed by atoms with Gasteiger partial charge in [-0.05, 0) is 49.8 Å². The standard InChI is InChI=1S/C7H6Br2S3/c8-6-4-5(7(9)12-6)11-3-1-2-10-4/h1-3H2. The lowest BCUT2D eigenvalue weighted by Gasteiger charge is -1.96. The molecule has 0 spiro atoms. The molecule has 0 unspecified atom stereocenters. The highest BCUT2D eigenvalue weighted by atomic mass is 79.9. The normalized spacial score (nSPS) is 17.2. The van der Waals surface area contributed by atoms with Crippen LogP contribution in [0, 0.1) is 0 Å². The Morgan fingerprint density at radius 1 is 0.917 bits per heavy atom. The molecule has 0 fully saturated rings. The lowest BCUT2D eigenvalue weighted by Crippen LogP contribution is -1.76. The van der Waals surface area contributed by atoms with Crippen LogP contribution in [0.15, 0.2) is 17.4 Å². The van der Waals surface area contributed by atoms with Gasteiger partial charge in [-0.2, -0.15) is 0 Å². The van der Waals surface area contributed by atoms with E-state index in [9.17, 15) is 0 Å². The number of thioether (sulfide) groups is 2. The lowest BCUT2D eigenvalue weighted by atomic mass is 10.6. The Morgan fingerprint density at radius 3 is 1.92 bits per heavy atom. The first-order chi connectivity index (χ1) is 5.79. The number of hydrogen-bond donors (Lipinski definition) is 0. The van der Waals surface area contributed by atoms with Crippen LogP contribution < -0.4 is 0 Å². The van der Waals surface area contributed by atoms with E-state index in [1.165, 1.54) is 35.3 Å². The number of hydrogen-bond acceptors (Lipinski definition) is 3. The molecule has 0 amide bonds. The molecule has 0 saturated heterocycles. The molecule has 0 saturated carbocycles. The lowest BCUT2D eigenvalue weighted by molar-refractivity contribution is 1.13. The van der Waals surface area contributed by atoms with E-state index in [0.29, 0.717) is 0 Å². The molecule has 1 aliphatic heterocycles. The average Bonchev–Trinajstić information content (AvgIpc) is 2.29. The second-order valence-electron chi connectivity index (χ2n) is 2.36. The van der Waals surface area contributed by atoms with Crippen molar-refractivity contribution in [2.24, 2.45) is 0 Å². The molecule has 66 valence electrons. The zero-order chi connectivity index (χ0) is 8.55. The van der Waals surface area contributed by atoms with Crippen molar-refractivity contribution in [2.45, 2.75) is 16.2 Å². The molecule has 0 aliphatic carbocycles. The van der Waals surface area contributed by atoms with Gasteiger partial charge < -0.3 is 0 Å². The second-order valence-corrected chi connectivity index (χ2v) is 8.22. The van der Waals surface area contributed by atoms with Crippen molar-refractivity contribution >= 4 is 66.7 Å². The molecule has 5 heteroatoms. The molecule has 0 aromatic carbocycles. The Bertz CT molecular complexity index is 269. The summed E-state index contributed by atoms with van der Waals surface area (Å²) >= 11 is 12.9. The largest absolute Gasteiger partial charge is 0.123 e. The highest BCUT2D eigenvalue weighted by molar-refractivity contribution is 9.12. The van der Waals surface area contributed by atoms with Gasteiger partial charge in [-0.25, -0.2) is 0 Å². The summed E-state index contributed by atoms with van der Waals surface area (Å²) in [7, 11) is 0. The molecule has 0 N–H and O–H groups in total. The van der Waals surface area contributed by atoms with Gasteiger partial charge in [0.25, 0.3) is 0 Å². The molecule has 2 heterocycles. The van der Waals surface area contributed by atoms with E-state index in [0.717, 1.165) is 0 Å². The molecule has 1 aromatic heterocycles. The third-order valence-electron chi connectivity index (χ3n) is 1.52. The van der Waals surface area contributed by atoms with Crippen molar-refractivity contribution in [2.75, 3.05) is 11.5 Å². The van der Waals surface area contributed by atoms with Crippen molar-refractivity contribution in [1.29, 1.82) is 0 Å². The Balaban J connectivity index is 2.44. The maximum Gasteiger partial charge on any atom is 0.0857 e. The van der Waals surface area contributed by atoms with Gasteiger partial charge in [0.2, 0.25) is 0 Å². The summed E-state index contributed by atoms with van der Waals surface area (Å²) in [6, 6.07) is 0. The summed E-state index contributed by atoms with van der Waals surface area (Å²) in [4.78, 5) is 2.88. The van der Waals surface area contributed by atoms with Crippen molar-refractivity contribution in [3.05, 3.63) is 7.57 Å². The molecule has 0 radical (unpaired) electrons. The molecule has 0 atom stereocenters. The first kappa shape index (κ1) is 9.90. The first-order valence-corrected chi connectivity index (χ1v) is 7.90. The van der Waals surface area contributed by atoms with Gasteiger partial charge >= 0.3 is 0 Å². The topological polar surface area (TPSA) is 0 Å². The number of thiophene rings is 1. The van der Waals surface area contributed by atoms with Gasteiger partial charge in [-0.3, -0.25) is 0 Å². The second kappa shape index (κ2) is 4.26. The van der Waals surface area contributed by atoms with E-state index in [1.807, 2.05) is 23.5 Å². The summed E-state index contributed by atoms with van der Waals surface area (Å²) < 4.78 is 2.56. The van der Waals surface area contributed by atoms with Crippen LogP contribution in [0.3, 0.4) is 0 Å². The molecule has 1 aliphatic rings. The van der Waals surface area contributed by atoms with Crippen LogP contribution in [0.5, 0.6) is 0 Å². The Labute approximate surface area is 101 Å². The number of fused-ring (bicyclic) bond motifs is 1. The fourth-order valence-electron chi connectivity index (χ4n) is 1.00. The summed E-state index contributed by atoms with van der Waals surface area (Å²) in [6.45, 7) is 0. The molecule has 0 bridgehead atoms. The monoisotopic (exact) mass is 344 g/mol. The smallest absolute Gasteiger partial charge is 0.0857 e. The van der Waals surface area contributed by atoms with Crippen molar-refractivity contribution < 1.29 is 0 Å². The molecular weight excluding hydrogens is 340 g/mol. The summed E-state index contributed by atoms with van der Waals surface area (Å²) in [5.74, 6) is 2.50. The predicted octanol–water partition coefficient (Wildman–Crippen LogP) is 4.86. The minimum Gasteiger partial charge on any atom is -0.123 e. The fourth-order valence-corrected chi connectivity index (χ4v) is 7.47. The van der Waals surface area contributed by atoms with Crippen LogP contribution in [-0.2, 0) is 0 Å². The summed E-state index contributed by atoms with van der Waals surface area (Å²) in [5.41, 5.74) is 0.